The molecule has 9 nitrogen and oxygen atoms in total. The standard InChI is InChI=1S/C24H33BrN4O5/c1-5-28(6-2)15-9-7-14(8-10-15)27-22(32)20-24-11-16(25)19(34-24)17(21(31)26-4)18(24)23(33)29(20)13(3)12-30/h7-10,13,16-20,30H,5-6,11-12H2,1-4H3,(H,26,31)(H,27,32)/t13-,16?,17-,18+,19-,20?,24?/m1/s1. The average molecular weight is 537 g/mol. The van der Waals surface area contributed by atoms with Crippen molar-refractivity contribution in [3.63, 3.8) is 0 Å². The molecule has 0 radical (unpaired) electrons. The van der Waals surface area contributed by atoms with Crippen LogP contribution in [0.3, 0.4) is 0 Å². The van der Waals surface area contributed by atoms with Gasteiger partial charge in [0.2, 0.25) is 17.7 Å². The van der Waals surface area contributed by atoms with Gasteiger partial charge in [-0.1, -0.05) is 15.9 Å². The van der Waals surface area contributed by atoms with Crippen molar-refractivity contribution in [1.82, 2.24) is 10.2 Å². The molecule has 4 rings (SSSR count). The van der Waals surface area contributed by atoms with Crippen LogP contribution in [0.5, 0.6) is 0 Å². The summed E-state index contributed by atoms with van der Waals surface area (Å²) in [6.45, 7) is 7.32. The minimum Gasteiger partial charge on any atom is -0.394 e. The molecule has 3 N–H and O–H groups in total. The van der Waals surface area contributed by atoms with E-state index in [2.05, 4.69) is 45.3 Å². The van der Waals surface area contributed by atoms with E-state index in [1.807, 2.05) is 24.3 Å². The lowest BCUT2D eigenvalue weighted by atomic mass is 9.70. The van der Waals surface area contributed by atoms with Crippen LogP contribution in [0.4, 0.5) is 11.4 Å². The molecule has 10 heteroatoms. The number of likely N-dealkylation sites (tertiary alicyclic amines) is 1. The monoisotopic (exact) mass is 536 g/mol. The van der Waals surface area contributed by atoms with Crippen LogP contribution >= 0.6 is 15.9 Å². The number of hydrogen-bond acceptors (Lipinski definition) is 6. The summed E-state index contributed by atoms with van der Waals surface area (Å²) >= 11 is 3.62. The number of rotatable bonds is 8. The number of aliphatic hydroxyl groups excluding tert-OH is 1. The zero-order valence-corrected chi connectivity index (χ0v) is 21.5. The number of amides is 3. The van der Waals surface area contributed by atoms with E-state index in [0.717, 1.165) is 18.8 Å². The van der Waals surface area contributed by atoms with Crippen LogP contribution in [0.2, 0.25) is 0 Å². The summed E-state index contributed by atoms with van der Waals surface area (Å²) in [5, 5.41) is 15.5. The smallest absolute Gasteiger partial charge is 0.250 e. The predicted molar refractivity (Wildman–Crippen MR) is 132 cm³/mol. The third-order valence-electron chi connectivity index (χ3n) is 7.53. The molecule has 0 aromatic heterocycles. The zero-order chi connectivity index (χ0) is 24.8. The van der Waals surface area contributed by atoms with E-state index in [-0.39, 0.29) is 29.2 Å². The molecule has 3 saturated heterocycles. The molecular formula is C24H33BrN4O5. The summed E-state index contributed by atoms with van der Waals surface area (Å²) in [6, 6.07) is 6.01. The first kappa shape index (κ1) is 24.9. The van der Waals surface area contributed by atoms with Crippen LogP contribution in [-0.4, -0.2) is 83.1 Å². The molecule has 3 amide bonds. The third-order valence-corrected chi connectivity index (χ3v) is 8.37. The molecule has 3 aliphatic rings. The molecule has 1 spiro atoms. The van der Waals surface area contributed by atoms with Gasteiger partial charge in [0.15, 0.2) is 0 Å². The fourth-order valence-electron chi connectivity index (χ4n) is 5.95. The second-order valence-corrected chi connectivity index (χ2v) is 10.4. The number of nitrogens with zero attached hydrogens (tertiary/aromatic N) is 2. The maximum absolute atomic E-state index is 13.7. The van der Waals surface area contributed by atoms with Crippen LogP contribution in [0.25, 0.3) is 0 Å². The molecule has 3 unspecified atom stereocenters. The summed E-state index contributed by atoms with van der Waals surface area (Å²) in [4.78, 5) is 43.5. The normalized spacial score (nSPS) is 32.5. The summed E-state index contributed by atoms with van der Waals surface area (Å²) in [5.74, 6) is -2.46. The van der Waals surface area contributed by atoms with Crippen LogP contribution < -0.4 is 15.5 Å². The van der Waals surface area contributed by atoms with E-state index in [9.17, 15) is 19.5 Å². The second kappa shape index (κ2) is 9.47. The first-order chi connectivity index (χ1) is 16.2. The Balaban J connectivity index is 1.67. The number of carbonyl (C=O) groups is 3. The number of nitrogens with one attached hydrogen (secondary N) is 2. The Bertz CT molecular complexity index is 955. The highest BCUT2D eigenvalue weighted by atomic mass is 79.9. The van der Waals surface area contributed by atoms with Gasteiger partial charge < -0.3 is 30.3 Å². The van der Waals surface area contributed by atoms with Crippen molar-refractivity contribution in [2.24, 2.45) is 11.8 Å². The van der Waals surface area contributed by atoms with Gasteiger partial charge in [-0.15, -0.1) is 0 Å². The van der Waals surface area contributed by atoms with Crippen molar-refractivity contribution in [1.29, 1.82) is 0 Å². The first-order valence-electron chi connectivity index (χ1n) is 11.9. The Labute approximate surface area is 208 Å². The summed E-state index contributed by atoms with van der Waals surface area (Å²) in [7, 11) is 1.53. The maximum atomic E-state index is 13.7. The molecule has 0 aliphatic carbocycles. The minimum atomic E-state index is -1.14. The van der Waals surface area contributed by atoms with Gasteiger partial charge in [-0.25, -0.2) is 0 Å². The molecule has 1 aromatic carbocycles. The van der Waals surface area contributed by atoms with E-state index in [1.54, 1.807) is 6.92 Å². The van der Waals surface area contributed by atoms with Crippen molar-refractivity contribution in [3.8, 4) is 0 Å². The number of benzene rings is 1. The quantitative estimate of drug-likeness (QED) is 0.432. The van der Waals surface area contributed by atoms with Crippen molar-refractivity contribution in [2.75, 3.05) is 37.0 Å². The van der Waals surface area contributed by atoms with Crippen molar-refractivity contribution in [2.45, 2.75) is 55.8 Å². The van der Waals surface area contributed by atoms with E-state index < -0.39 is 35.6 Å². The van der Waals surface area contributed by atoms with Crippen LogP contribution in [0.15, 0.2) is 24.3 Å². The van der Waals surface area contributed by atoms with Crippen LogP contribution in [-0.2, 0) is 19.1 Å². The largest absolute Gasteiger partial charge is 0.394 e. The molecule has 3 fully saturated rings. The van der Waals surface area contributed by atoms with Gasteiger partial charge in [-0.2, -0.15) is 0 Å². The number of hydrogen-bond donors (Lipinski definition) is 3. The number of fused-ring (bicyclic) bond motifs is 1. The van der Waals surface area contributed by atoms with Crippen molar-refractivity contribution >= 4 is 45.0 Å². The Hall–Kier alpha value is -2.17. The Morgan fingerprint density at radius 1 is 1.26 bits per heavy atom. The van der Waals surface area contributed by atoms with Crippen molar-refractivity contribution in [3.05, 3.63) is 24.3 Å². The molecule has 0 saturated carbocycles. The van der Waals surface area contributed by atoms with E-state index in [0.29, 0.717) is 12.1 Å². The molecule has 34 heavy (non-hydrogen) atoms. The number of ether oxygens (including phenoxy) is 1. The summed E-state index contributed by atoms with van der Waals surface area (Å²) < 4.78 is 6.36. The van der Waals surface area contributed by atoms with Crippen LogP contribution in [0, 0.1) is 11.8 Å². The van der Waals surface area contributed by atoms with Gasteiger partial charge in [0.05, 0.1) is 30.6 Å². The molecule has 3 heterocycles. The number of anilines is 2. The lowest BCUT2D eigenvalue weighted by molar-refractivity contribution is -0.143. The Morgan fingerprint density at radius 2 is 1.91 bits per heavy atom. The topological polar surface area (TPSA) is 111 Å². The predicted octanol–water partition coefficient (Wildman–Crippen LogP) is 1.35. The second-order valence-electron chi connectivity index (χ2n) is 9.26. The van der Waals surface area contributed by atoms with E-state index in [4.69, 9.17) is 4.74 Å². The molecule has 3 aliphatic heterocycles. The lowest BCUT2D eigenvalue weighted by Gasteiger charge is -2.35. The van der Waals surface area contributed by atoms with Gasteiger partial charge in [0, 0.05) is 36.3 Å². The fraction of sp³-hybridized carbons (Fsp3) is 0.625. The third kappa shape index (κ3) is 3.70. The maximum Gasteiger partial charge on any atom is 0.250 e. The first-order valence-corrected chi connectivity index (χ1v) is 12.8. The van der Waals surface area contributed by atoms with Gasteiger partial charge in [0.25, 0.3) is 0 Å². The Morgan fingerprint density at radius 3 is 2.47 bits per heavy atom. The van der Waals surface area contributed by atoms with E-state index in [1.165, 1.54) is 11.9 Å². The molecule has 1 aromatic rings. The van der Waals surface area contributed by atoms with E-state index >= 15 is 0 Å². The summed E-state index contributed by atoms with van der Waals surface area (Å²) in [5.41, 5.74) is 0.527. The fourth-order valence-corrected chi connectivity index (χ4v) is 6.89. The number of carbonyl (C=O) groups excluding carboxylic acids is 3. The molecular weight excluding hydrogens is 504 g/mol. The van der Waals surface area contributed by atoms with Crippen LogP contribution in [0.1, 0.15) is 27.2 Å². The highest BCUT2D eigenvalue weighted by Crippen LogP contribution is 2.60. The van der Waals surface area contributed by atoms with Gasteiger partial charge in [-0.05, 0) is 51.5 Å². The highest BCUT2D eigenvalue weighted by Gasteiger charge is 2.76. The Kier molecular flexibility index (Phi) is 6.94. The van der Waals surface area contributed by atoms with Gasteiger partial charge in [-0.3, -0.25) is 14.4 Å². The number of aliphatic hydroxyl groups is 1. The van der Waals surface area contributed by atoms with Gasteiger partial charge in [0.1, 0.15) is 11.6 Å². The summed E-state index contributed by atoms with van der Waals surface area (Å²) in [6.07, 6.45) is -0.0704. The molecule has 186 valence electrons. The molecule has 7 atom stereocenters. The number of halogens is 1. The molecule has 2 bridgehead atoms. The van der Waals surface area contributed by atoms with Gasteiger partial charge >= 0.3 is 0 Å². The lowest BCUT2D eigenvalue weighted by Crippen LogP contribution is -2.56. The SMILES string of the molecule is CCN(CC)c1ccc(NC(=O)C2N([C@H](C)CO)C(=O)[C@@H]3[C@@H](C(=O)NC)[C@@H]4OC23CC4Br)cc1. The number of alkyl halides is 1. The average Bonchev–Trinajstić information content (AvgIpc) is 3.43. The highest BCUT2D eigenvalue weighted by molar-refractivity contribution is 9.09. The zero-order valence-electron chi connectivity index (χ0n) is 20.0. The minimum absolute atomic E-state index is 0.160. The van der Waals surface area contributed by atoms with Crippen molar-refractivity contribution < 1.29 is 24.2 Å².